The predicted molar refractivity (Wildman–Crippen MR) is 546 cm³/mol. The van der Waals surface area contributed by atoms with Gasteiger partial charge in [-0.3, -0.25) is 0 Å². The van der Waals surface area contributed by atoms with Crippen molar-refractivity contribution in [1.82, 2.24) is 0 Å². The second-order valence-corrected chi connectivity index (χ2v) is 35.9. The van der Waals surface area contributed by atoms with Crippen LogP contribution >= 0.6 is 0 Å². The first-order valence-corrected chi connectivity index (χ1v) is 45.7. The monoisotopic (exact) mass is 1620 g/mol. The van der Waals surface area contributed by atoms with Crippen LogP contribution in [0, 0.1) is 0 Å². The van der Waals surface area contributed by atoms with Crippen molar-refractivity contribution in [2.75, 3.05) is 0 Å². The first-order valence-electron chi connectivity index (χ1n) is 45.7. The van der Waals surface area contributed by atoms with E-state index in [0.717, 1.165) is 25.7 Å². The van der Waals surface area contributed by atoms with Crippen molar-refractivity contribution in [3.63, 3.8) is 0 Å². The predicted octanol–water partition coefficient (Wildman–Crippen LogP) is 35.6. The third kappa shape index (κ3) is 12.2. The van der Waals surface area contributed by atoms with Gasteiger partial charge < -0.3 is 0 Å². The highest BCUT2D eigenvalue weighted by Gasteiger charge is 2.44. The third-order valence-corrected chi connectivity index (χ3v) is 29.5. The van der Waals surface area contributed by atoms with Crippen LogP contribution in [0.5, 0.6) is 0 Å². The van der Waals surface area contributed by atoms with Gasteiger partial charge in [0.05, 0.1) is 0 Å². The Morgan fingerprint density at radius 2 is 0.409 bits per heavy atom. The van der Waals surface area contributed by atoms with Crippen LogP contribution in [0.1, 0.15) is 101 Å². The van der Waals surface area contributed by atoms with Gasteiger partial charge in [-0.25, -0.2) is 0 Å². The molecule has 0 aromatic heterocycles. The Labute approximate surface area is 744 Å². The minimum absolute atomic E-state index is 0.0411. The zero-order valence-corrected chi connectivity index (χ0v) is 72.7. The van der Waals surface area contributed by atoms with Crippen LogP contribution in [0.25, 0.3) is 208 Å². The standard InChI is InChI=1S/C45H32.2C41H32/c1-45(2)41-24-22-34(26-38(41)39-25-31-17-9-10-18-32(31)28-42(39)45)33-21-23-37-40(27-33)44(30-15-7-4-8-16-30)36-20-12-11-19-35(36)43(37)29-13-5-3-6-14-29;1-3-41(4-2)36-24-23-29(26-35(36)40-30-17-9-8-14-27(30)22-25-37(40)41)39-33-20-12-10-18-31(33)38(28-15-6-5-7-16-28)32-19-11-13-21-34(32)39;1-3-41(4-2)37-23-22-30(25-35(37)36-24-28-16-8-9-17-29(28)26-38(36)41)40-33-20-12-10-18-31(33)39(27-14-6-5-7-15-27)32-19-11-13-21-34(32)40/h3-28H,1-2H3;2*5-26H,3-4H2,1-2H3. The molecule has 22 aromatic rings. The van der Waals surface area contributed by atoms with Crippen LogP contribution < -0.4 is 0 Å². The molecule has 3 aliphatic carbocycles. The highest BCUT2D eigenvalue weighted by atomic mass is 14.5. The summed E-state index contributed by atoms with van der Waals surface area (Å²) >= 11 is 0. The second kappa shape index (κ2) is 30.8. The maximum absolute atomic E-state index is 2.50. The van der Waals surface area contributed by atoms with Crippen molar-refractivity contribution in [1.29, 1.82) is 0 Å². The lowest BCUT2D eigenvalue weighted by Gasteiger charge is -2.30. The molecule has 25 rings (SSSR count). The highest BCUT2D eigenvalue weighted by Crippen LogP contribution is 2.60. The molecule has 22 aromatic carbocycles. The Morgan fingerprint density at radius 3 is 0.827 bits per heavy atom. The Hall–Kier alpha value is -14.8. The lowest BCUT2D eigenvalue weighted by molar-refractivity contribution is 0.491. The highest BCUT2D eigenvalue weighted by molar-refractivity contribution is 6.25. The quantitative estimate of drug-likeness (QED) is 0.113. The lowest BCUT2D eigenvalue weighted by Crippen LogP contribution is -2.23. The molecule has 0 bridgehead atoms. The van der Waals surface area contributed by atoms with E-state index in [1.54, 1.807) is 0 Å². The summed E-state index contributed by atoms with van der Waals surface area (Å²) in [5, 5.41) is 23.5. The van der Waals surface area contributed by atoms with Crippen molar-refractivity contribution in [2.24, 2.45) is 0 Å². The van der Waals surface area contributed by atoms with Gasteiger partial charge in [-0.2, -0.15) is 0 Å². The molecule has 0 saturated heterocycles. The number of hydrogen-bond donors (Lipinski definition) is 0. The smallest absolute Gasteiger partial charge is 0.0210 e. The zero-order valence-electron chi connectivity index (χ0n) is 72.7. The topological polar surface area (TPSA) is 0 Å². The van der Waals surface area contributed by atoms with E-state index in [1.807, 2.05) is 0 Å². The number of benzene rings is 22. The molecule has 3 aliphatic rings. The molecule has 0 heterocycles. The summed E-state index contributed by atoms with van der Waals surface area (Å²) in [6, 6.07) is 158. The Kier molecular flexibility index (Phi) is 18.7. The average Bonchev–Trinajstić information content (AvgIpc) is 1.59. The molecule has 0 aliphatic heterocycles. The fourth-order valence-corrected chi connectivity index (χ4v) is 23.3. The molecule has 0 unspecified atom stereocenters. The van der Waals surface area contributed by atoms with Gasteiger partial charge in [0.15, 0.2) is 0 Å². The second-order valence-electron chi connectivity index (χ2n) is 35.9. The fraction of sp³-hybridized carbons (Fsp3) is 0.102. The van der Waals surface area contributed by atoms with E-state index in [1.165, 1.54) is 242 Å². The molecular weight excluding hydrogens is 1530 g/mol. The van der Waals surface area contributed by atoms with E-state index in [9.17, 15) is 0 Å². The first-order chi connectivity index (χ1) is 62.6. The summed E-state index contributed by atoms with van der Waals surface area (Å²) in [5.74, 6) is 0. The van der Waals surface area contributed by atoms with Crippen LogP contribution in [0.15, 0.2) is 425 Å². The molecule has 0 heteroatoms. The Bertz CT molecular complexity index is 8050. The van der Waals surface area contributed by atoms with Gasteiger partial charge in [-0.05, 0) is 316 Å². The minimum Gasteiger partial charge on any atom is -0.0642 e. The SMILES string of the molecule is CC1(C)c2ccc(-c3ccc4c(-c5ccccc5)c5ccccc5c(-c5ccccc5)c4c3)cc2-c2cc3ccccc3cc21.CCC1(CC)c2ccc(-c3c4ccccc4c(-c4ccccc4)c4ccccc34)cc2-c2c1ccc1ccccc21.CCC1(CC)c2ccc(-c3c4ccccc4c(-c4ccccc4)c4ccccc34)cc2-c2cc3ccccc3cc21. The maximum Gasteiger partial charge on any atom is 0.0210 e. The first kappa shape index (κ1) is 77.0. The van der Waals surface area contributed by atoms with E-state index in [4.69, 9.17) is 0 Å². The van der Waals surface area contributed by atoms with Crippen LogP contribution in [0.2, 0.25) is 0 Å². The molecule has 0 fully saturated rings. The molecule has 0 N–H and O–H groups in total. The van der Waals surface area contributed by atoms with E-state index >= 15 is 0 Å². The van der Waals surface area contributed by atoms with Gasteiger partial charge in [0.2, 0.25) is 0 Å². The summed E-state index contributed by atoms with van der Waals surface area (Å²) in [6.07, 6.45) is 4.38. The van der Waals surface area contributed by atoms with Crippen molar-refractivity contribution in [3.05, 3.63) is 458 Å². The van der Waals surface area contributed by atoms with Gasteiger partial charge >= 0.3 is 0 Å². The maximum atomic E-state index is 2.50. The largest absolute Gasteiger partial charge is 0.0642 e. The van der Waals surface area contributed by atoms with E-state index in [2.05, 4.69) is 466 Å². The third-order valence-electron chi connectivity index (χ3n) is 29.5. The van der Waals surface area contributed by atoms with Crippen LogP contribution in [0.4, 0.5) is 0 Å². The van der Waals surface area contributed by atoms with Crippen molar-refractivity contribution < 1.29 is 0 Å². The van der Waals surface area contributed by atoms with Crippen LogP contribution in [0.3, 0.4) is 0 Å². The van der Waals surface area contributed by atoms with Gasteiger partial charge in [-0.1, -0.05) is 418 Å². The van der Waals surface area contributed by atoms with Gasteiger partial charge in [-0.15, -0.1) is 0 Å². The minimum atomic E-state index is -0.0411. The van der Waals surface area contributed by atoms with E-state index in [-0.39, 0.29) is 16.2 Å². The van der Waals surface area contributed by atoms with E-state index in [0.29, 0.717) is 0 Å². The number of fused-ring (bicyclic) bond motifs is 19. The summed E-state index contributed by atoms with van der Waals surface area (Å²) in [6.45, 7) is 14.2. The van der Waals surface area contributed by atoms with Gasteiger partial charge in [0, 0.05) is 16.2 Å². The average molecular weight is 1620 g/mol. The van der Waals surface area contributed by atoms with Crippen LogP contribution in [-0.4, -0.2) is 0 Å². The normalized spacial score (nSPS) is 13.4. The number of rotatable bonds is 11. The Morgan fingerprint density at radius 1 is 0.150 bits per heavy atom. The molecule has 0 radical (unpaired) electrons. The summed E-state index contributed by atoms with van der Waals surface area (Å²) in [7, 11) is 0. The molecule has 127 heavy (non-hydrogen) atoms. The molecule has 604 valence electrons. The lowest BCUT2D eigenvalue weighted by atomic mass is 9.73. The van der Waals surface area contributed by atoms with E-state index < -0.39 is 0 Å². The fourth-order valence-electron chi connectivity index (χ4n) is 23.3. The Balaban J connectivity index is 0.000000109. The van der Waals surface area contributed by atoms with Crippen molar-refractivity contribution in [2.45, 2.75) is 83.5 Å². The summed E-state index contributed by atoms with van der Waals surface area (Å²) in [5.41, 5.74) is 35.1. The summed E-state index contributed by atoms with van der Waals surface area (Å²) in [4.78, 5) is 0. The molecular formula is C127H96. The molecule has 0 atom stereocenters. The van der Waals surface area contributed by atoms with Gasteiger partial charge in [0.25, 0.3) is 0 Å². The molecule has 0 amide bonds. The van der Waals surface area contributed by atoms with Crippen LogP contribution in [-0.2, 0) is 16.2 Å². The van der Waals surface area contributed by atoms with Crippen molar-refractivity contribution in [3.8, 4) is 111 Å². The molecule has 0 spiro atoms. The summed E-state index contributed by atoms with van der Waals surface area (Å²) < 4.78 is 0. The van der Waals surface area contributed by atoms with Crippen molar-refractivity contribution >= 4 is 97.0 Å². The zero-order chi connectivity index (χ0) is 85.2. The number of hydrogen-bond acceptors (Lipinski definition) is 0. The molecule has 0 saturated carbocycles. The molecule has 0 nitrogen and oxygen atoms in total. The van der Waals surface area contributed by atoms with Gasteiger partial charge in [0.1, 0.15) is 0 Å².